The number of nitrogens with two attached hydrogens (primary N) is 1. The molecule has 80 valence electrons. The Hall–Kier alpha value is -1.42. The van der Waals surface area contributed by atoms with Gasteiger partial charge in [0.25, 0.3) is 0 Å². The van der Waals surface area contributed by atoms with E-state index in [0.29, 0.717) is 13.0 Å². The van der Waals surface area contributed by atoms with Crippen molar-refractivity contribution in [3.05, 3.63) is 29.6 Å². The average Bonchev–Trinajstić information content (AvgIpc) is 2.45. The summed E-state index contributed by atoms with van der Waals surface area (Å²) in [6, 6.07) is 4.30. The molecule has 1 saturated heterocycles. The van der Waals surface area contributed by atoms with E-state index < -0.39 is 0 Å². The van der Waals surface area contributed by atoms with E-state index in [9.17, 15) is 9.18 Å². The lowest BCUT2D eigenvalue weighted by Gasteiger charge is -2.18. The van der Waals surface area contributed by atoms with Crippen molar-refractivity contribution in [1.82, 2.24) is 0 Å². The number of rotatable bonds is 1. The highest BCUT2D eigenvalue weighted by Crippen LogP contribution is 2.25. The monoisotopic (exact) mass is 208 g/mol. The fourth-order valence-electron chi connectivity index (χ4n) is 1.89. The van der Waals surface area contributed by atoms with Crippen LogP contribution in [-0.2, 0) is 4.79 Å². The maximum Gasteiger partial charge on any atom is 0.228 e. The number of hydrogen-bond donors (Lipinski definition) is 1. The molecule has 0 aliphatic carbocycles. The standard InChI is InChI=1S/C11H13FN2O/c1-7-4-8(12)2-3-10(7)14-6-9(13)5-11(14)15/h2-4,9H,5-6,13H2,1H3. The van der Waals surface area contributed by atoms with E-state index in [-0.39, 0.29) is 17.8 Å². The van der Waals surface area contributed by atoms with Gasteiger partial charge in [0.2, 0.25) is 5.91 Å². The van der Waals surface area contributed by atoms with Gasteiger partial charge >= 0.3 is 0 Å². The Balaban J connectivity index is 2.34. The molecule has 1 atom stereocenters. The molecule has 1 heterocycles. The van der Waals surface area contributed by atoms with Crippen molar-refractivity contribution < 1.29 is 9.18 Å². The number of nitrogens with zero attached hydrogens (tertiary/aromatic N) is 1. The van der Waals surface area contributed by atoms with Gasteiger partial charge in [0.1, 0.15) is 5.82 Å². The van der Waals surface area contributed by atoms with E-state index in [2.05, 4.69) is 0 Å². The van der Waals surface area contributed by atoms with E-state index in [1.54, 1.807) is 17.9 Å². The molecule has 2 N–H and O–H groups in total. The van der Waals surface area contributed by atoms with Crippen LogP contribution in [0.2, 0.25) is 0 Å². The van der Waals surface area contributed by atoms with Crippen LogP contribution < -0.4 is 10.6 Å². The van der Waals surface area contributed by atoms with Crippen LogP contribution in [0, 0.1) is 12.7 Å². The number of benzene rings is 1. The average molecular weight is 208 g/mol. The summed E-state index contributed by atoms with van der Waals surface area (Å²) < 4.78 is 12.9. The lowest BCUT2D eigenvalue weighted by Crippen LogP contribution is -2.28. The molecule has 0 radical (unpaired) electrons. The fourth-order valence-corrected chi connectivity index (χ4v) is 1.89. The smallest absolute Gasteiger partial charge is 0.228 e. The number of amides is 1. The molecule has 3 nitrogen and oxygen atoms in total. The maximum absolute atomic E-state index is 12.9. The highest BCUT2D eigenvalue weighted by atomic mass is 19.1. The maximum atomic E-state index is 12.9. The van der Waals surface area contributed by atoms with Crippen LogP contribution in [0.15, 0.2) is 18.2 Å². The minimum atomic E-state index is -0.285. The molecule has 1 unspecified atom stereocenters. The summed E-state index contributed by atoms with van der Waals surface area (Å²) in [6.45, 7) is 2.31. The Morgan fingerprint density at radius 1 is 1.53 bits per heavy atom. The number of carbonyl (C=O) groups is 1. The first-order valence-electron chi connectivity index (χ1n) is 4.90. The zero-order chi connectivity index (χ0) is 11.0. The molecule has 15 heavy (non-hydrogen) atoms. The van der Waals surface area contributed by atoms with E-state index in [4.69, 9.17) is 5.73 Å². The predicted molar refractivity (Wildman–Crippen MR) is 56.1 cm³/mol. The van der Waals surface area contributed by atoms with Crippen LogP contribution in [-0.4, -0.2) is 18.5 Å². The van der Waals surface area contributed by atoms with Gasteiger partial charge in [-0.25, -0.2) is 4.39 Å². The first kappa shape index (κ1) is 10.1. The summed E-state index contributed by atoms with van der Waals surface area (Å²) in [7, 11) is 0. The molecule has 1 aliphatic rings. The molecular weight excluding hydrogens is 195 g/mol. The van der Waals surface area contributed by atoms with Gasteiger partial charge in [0.15, 0.2) is 0 Å². The molecule has 1 fully saturated rings. The van der Waals surface area contributed by atoms with E-state index in [1.807, 2.05) is 0 Å². The quantitative estimate of drug-likeness (QED) is 0.753. The van der Waals surface area contributed by atoms with Gasteiger partial charge in [-0.15, -0.1) is 0 Å². The number of hydrogen-bond acceptors (Lipinski definition) is 2. The summed E-state index contributed by atoms with van der Waals surface area (Å²) in [5, 5.41) is 0. The molecule has 1 aliphatic heterocycles. The van der Waals surface area contributed by atoms with E-state index >= 15 is 0 Å². The largest absolute Gasteiger partial charge is 0.326 e. The summed E-state index contributed by atoms with van der Waals surface area (Å²) >= 11 is 0. The van der Waals surface area contributed by atoms with Crippen LogP contribution in [0.4, 0.5) is 10.1 Å². The molecule has 0 spiro atoms. The SMILES string of the molecule is Cc1cc(F)ccc1N1CC(N)CC1=O. The highest BCUT2D eigenvalue weighted by molar-refractivity contribution is 5.96. The van der Waals surface area contributed by atoms with Gasteiger partial charge in [-0.1, -0.05) is 0 Å². The Kier molecular flexibility index (Phi) is 2.44. The zero-order valence-electron chi connectivity index (χ0n) is 8.53. The van der Waals surface area contributed by atoms with Gasteiger partial charge in [-0.2, -0.15) is 0 Å². The topological polar surface area (TPSA) is 46.3 Å². The van der Waals surface area contributed by atoms with Gasteiger partial charge in [-0.3, -0.25) is 4.79 Å². The van der Waals surface area contributed by atoms with E-state index in [1.165, 1.54) is 12.1 Å². The van der Waals surface area contributed by atoms with Crippen LogP contribution >= 0.6 is 0 Å². The number of halogens is 1. The van der Waals surface area contributed by atoms with Crippen LogP contribution in [0.5, 0.6) is 0 Å². The van der Waals surface area contributed by atoms with Crippen LogP contribution in [0.3, 0.4) is 0 Å². The van der Waals surface area contributed by atoms with Crippen molar-refractivity contribution in [3.8, 4) is 0 Å². The molecule has 0 aromatic heterocycles. The fraction of sp³-hybridized carbons (Fsp3) is 0.364. The number of aryl methyl sites for hydroxylation is 1. The third-order valence-electron chi connectivity index (χ3n) is 2.60. The van der Waals surface area contributed by atoms with Crippen molar-refractivity contribution >= 4 is 11.6 Å². The normalized spacial score (nSPS) is 21.1. The lowest BCUT2D eigenvalue weighted by molar-refractivity contribution is -0.117. The van der Waals surface area contributed by atoms with Crippen molar-refractivity contribution in [3.63, 3.8) is 0 Å². The third-order valence-corrected chi connectivity index (χ3v) is 2.60. The van der Waals surface area contributed by atoms with Gasteiger partial charge < -0.3 is 10.6 Å². The highest BCUT2D eigenvalue weighted by Gasteiger charge is 2.28. The Morgan fingerprint density at radius 3 is 2.80 bits per heavy atom. The molecular formula is C11H13FN2O. The van der Waals surface area contributed by atoms with Crippen molar-refractivity contribution in [2.24, 2.45) is 5.73 Å². The molecule has 1 amide bonds. The van der Waals surface area contributed by atoms with Crippen molar-refractivity contribution in [1.29, 1.82) is 0 Å². The second kappa shape index (κ2) is 3.62. The summed E-state index contributed by atoms with van der Waals surface area (Å²) in [5.74, 6) is -0.274. The minimum absolute atomic E-state index is 0.0113. The van der Waals surface area contributed by atoms with Crippen LogP contribution in [0.1, 0.15) is 12.0 Å². The van der Waals surface area contributed by atoms with Crippen molar-refractivity contribution in [2.45, 2.75) is 19.4 Å². The third kappa shape index (κ3) is 1.85. The first-order chi connectivity index (χ1) is 7.08. The van der Waals surface area contributed by atoms with Gasteiger partial charge in [-0.05, 0) is 30.7 Å². The molecule has 1 aromatic carbocycles. The second-order valence-corrected chi connectivity index (χ2v) is 3.90. The summed E-state index contributed by atoms with van der Waals surface area (Å²) in [5.41, 5.74) is 7.22. The molecule has 0 saturated carbocycles. The molecule has 4 heteroatoms. The lowest BCUT2D eigenvalue weighted by atomic mass is 10.2. The Bertz CT molecular complexity index is 406. The molecule has 2 rings (SSSR count). The Labute approximate surface area is 87.7 Å². The second-order valence-electron chi connectivity index (χ2n) is 3.90. The van der Waals surface area contributed by atoms with Gasteiger partial charge in [0, 0.05) is 24.7 Å². The van der Waals surface area contributed by atoms with E-state index in [0.717, 1.165) is 11.3 Å². The zero-order valence-corrected chi connectivity index (χ0v) is 8.53. The first-order valence-corrected chi connectivity index (χ1v) is 4.90. The molecule has 1 aromatic rings. The summed E-state index contributed by atoms with van der Waals surface area (Å²) in [4.78, 5) is 13.2. The van der Waals surface area contributed by atoms with Crippen LogP contribution in [0.25, 0.3) is 0 Å². The predicted octanol–water partition coefficient (Wildman–Crippen LogP) is 1.20. The van der Waals surface area contributed by atoms with Crippen molar-refractivity contribution in [2.75, 3.05) is 11.4 Å². The molecule has 0 bridgehead atoms. The minimum Gasteiger partial charge on any atom is -0.326 e. The number of carbonyl (C=O) groups excluding carboxylic acids is 1. The number of anilines is 1. The Morgan fingerprint density at radius 2 is 2.27 bits per heavy atom. The van der Waals surface area contributed by atoms with Gasteiger partial charge in [0.05, 0.1) is 0 Å². The summed E-state index contributed by atoms with van der Waals surface area (Å²) in [6.07, 6.45) is 0.372.